The number of hydrogen-bond donors (Lipinski definition) is 3. The van der Waals surface area contributed by atoms with Crippen LogP contribution in [0, 0.1) is 10.8 Å². The van der Waals surface area contributed by atoms with Crippen molar-refractivity contribution < 1.29 is 36.2 Å². The number of nitrogens with zero attached hydrogens (tertiary/aromatic N) is 1. The number of sulfone groups is 1. The fourth-order valence-corrected chi connectivity index (χ4v) is 4.45. The van der Waals surface area contributed by atoms with Crippen molar-refractivity contribution >= 4 is 27.0 Å². The molecule has 2 rings (SSSR count). The molecule has 1 fully saturated rings. The quantitative estimate of drug-likeness (QED) is 0.432. The summed E-state index contributed by atoms with van der Waals surface area (Å²) in [6.45, 7) is -0.905. The van der Waals surface area contributed by atoms with E-state index in [1.807, 2.05) is 0 Å². The van der Waals surface area contributed by atoms with Gasteiger partial charge < -0.3 is 20.2 Å². The Hall–Kier alpha value is -2.73. The van der Waals surface area contributed by atoms with Gasteiger partial charge in [0.25, 0.3) is 5.91 Å². The Kier molecular flexibility index (Phi) is 7.37. The topological polar surface area (TPSA) is 132 Å². The van der Waals surface area contributed by atoms with Gasteiger partial charge in [0.15, 0.2) is 21.5 Å². The number of allylic oxidation sites excluding steroid dienone is 1. The van der Waals surface area contributed by atoms with E-state index in [1.54, 1.807) is 24.3 Å². The van der Waals surface area contributed by atoms with E-state index in [0.717, 1.165) is 4.90 Å². The normalized spacial score (nSPS) is 17.7. The molecule has 0 spiro atoms. The zero-order valence-corrected chi connectivity index (χ0v) is 16.5. The molecule has 0 saturated carbocycles. The molecule has 1 saturated heterocycles. The highest BCUT2D eigenvalue weighted by atomic mass is 32.2. The van der Waals surface area contributed by atoms with Crippen molar-refractivity contribution in [3.8, 4) is 5.75 Å². The lowest BCUT2D eigenvalue weighted by Gasteiger charge is -2.18. The van der Waals surface area contributed by atoms with Crippen molar-refractivity contribution in [1.82, 2.24) is 4.90 Å². The molecule has 8 nitrogen and oxygen atoms in total. The molecule has 0 aliphatic carbocycles. The molecule has 1 amide bonds. The number of rotatable bonds is 7. The van der Waals surface area contributed by atoms with E-state index < -0.39 is 44.4 Å². The number of halogens is 3. The van der Waals surface area contributed by atoms with Gasteiger partial charge in [-0.25, -0.2) is 8.42 Å². The number of nitrogens with one attached hydrogen (secondary N) is 2. The standard InChI is InChI=1S/C18H20F3N3O5S/c19-18(20,21)15(5-7-22)17(23)30(27,28)14-6-8-24(9-14)16(26)11-29-13-3-1-12(10-25)2-4-13/h1-5,7,14,22-23,25H,6,8-11H2/b15-5+,22-7?,23-17?. The molecule has 1 aliphatic heterocycles. The Morgan fingerprint density at radius 1 is 1.30 bits per heavy atom. The monoisotopic (exact) mass is 447 g/mol. The first kappa shape index (κ1) is 23.5. The molecule has 1 aromatic rings. The first-order valence-corrected chi connectivity index (χ1v) is 10.3. The summed E-state index contributed by atoms with van der Waals surface area (Å²) in [5.74, 6) is -0.186. The van der Waals surface area contributed by atoms with Gasteiger partial charge in [0.05, 0.1) is 17.4 Å². The molecular formula is C18H20F3N3O5S. The van der Waals surface area contributed by atoms with Gasteiger partial charge in [-0.3, -0.25) is 10.2 Å². The molecule has 1 atom stereocenters. The molecule has 1 heterocycles. The zero-order chi connectivity index (χ0) is 22.5. The number of amides is 1. The third kappa shape index (κ3) is 5.45. The van der Waals surface area contributed by atoms with Crippen molar-refractivity contribution in [1.29, 1.82) is 10.8 Å². The minimum Gasteiger partial charge on any atom is -0.484 e. The largest absolute Gasteiger partial charge is 0.484 e. The van der Waals surface area contributed by atoms with Crippen LogP contribution in [0.5, 0.6) is 5.75 Å². The Morgan fingerprint density at radius 3 is 2.47 bits per heavy atom. The number of likely N-dealkylation sites (tertiary alicyclic amines) is 1. The third-order valence-electron chi connectivity index (χ3n) is 4.49. The van der Waals surface area contributed by atoms with Gasteiger partial charge in [-0.05, 0) is 30.2 Å². The second-order valence-corrected chi connectivity index (χ2v) is 8.63. The van der Waals surface area contributed by atoms with Crippen molar-refractivity contribution in [2.75, 3.05) is 19.7 Å². The fourth-order valence-electron chi connectivity index (χ4n) is 2.84. The molecule has 1 aliphatic rings. The molecule has 1 aromatic carbocycles. The maximum atomic E-state index is 13.0. The van der Waals surface area contributed by atoms with Crippen LogP contribution >= 0.6 is 0 Å². The summed E-state index contributed by atoms with van der Waals surface area (Å²) in [5, 5.41) is 20.3. The summed E-state index contributed by atoms with van der Waals surface area (Å²) in [6, 6.07) is 6.30. The first-order valence-electron chi connectivity index (χ1n) is 8.71. The maximum absolute atomic E-state index is 13.0. The second-order valence-electron chi connectivity index (χ2n) is 6.46. The number of ether oxygens (including phenoxy) is 1. The van der Waals surface area contributed by atoms with E-state index in [-0.39, 0.29) is 38.4 Å². The second kappa shape index (κ2) is 9.39. The van der Waals surface area contributed by atoms with E-state index in [1.165, 1.54) is 0 Å². The summed E-state index contributed by atoms with van der Waals surface area (Å²) >= 11 is 0. The van der Waals surface area contributed by atoms with Gasteiger partial charge in [0, 0.05) is 19.3 Å². The molecule has 30 heavy (non-hydrogen) atoms. The number of hydrogen-bond acceptors (Lipinski definition) is 7. The predicted octanol–water partition coefficient (Wildman–Crippen LogP) is 1.69. The predicted molar refractivity (Wildman–Crippen MR) is 102 cm³/mol. The van der Waals surface area contributed by atoms with Gasteiger partial charge in [-0.1, -0.05) is 12.1 Å². The van der Waals surface area contributed by atoms with Crippen LogP contribution in [-0.4, -0.2) is 66.7 Å². The van der Waals surface area contributed by atoms with E-state index in [4.69, 9.17) is 20.7 Å². The SMILES string of the molecule is N=C/C=C(\C(=N)S(=O)(=O)C1CCN(C(=O)COc2ccc(CO)cc2)C1)C(F)(F)F. The molecule has 164 valence electrons. The molecule has 0 aromatic heterocycles. The molecular weight excluding hydrogens is 427 g/mol. The van der Waals surface area contributed by atoms with Crippen LogP contribution < -0.4 is 4.74 Å². The minimum absolute atomic E-state index is 0.00153. The molecule has 0 radical (unpaired) electrons. The summed E-state index contributed by atoms with van der Waals surface area (Å²) in [4.78, 5) is 13.4. The first-order chi connectivity index (χ1) is 14.0. The van der Waals surface area contributed by atoms with Crippen molar-refractivity contribution in [2.24, 2.45) is 0 Å². The maximum Gasteiger partial charge on any atom is 0.419 e. The Labute approximate surface area is 170 Å². The van der Waals surface area contributed by atoms with Crippen LogP contribution in [0.4, 0.5) is 13.2 Å². The number of benzene rings is 1. The lowest BCUT2D eigenvalue weighted by atomic mass is 10.2. The number of carbonyl (C=O) groups excluding carboxylic acids is 1. The van der Waals surface area contributed by atoms with Crippen LogP contribution in [0.25, 0.3) is 0 Å². The van der Waals surface area contributed by atoms with E-state index in [9.17, 15) is 26.4 Å². The lowest BCUT2D eigenvalue weighted by molar-refractivity contribution is -0.132. The third-order valence-corrected chi connectivity index (χ3v) is 6.54. The average Bonchev–Trinajstić information content (AvgIpc) is 3.20. The highest BCUT2D eigenvalue weighted by molar-refractivity contribution is 8.07. The Morgan fingerprint density at radius 2 is 1.93 bits per heavy atom. The molecule has 0 bridgehead atoms. The molecule has 12 heteroatoms. The number of aliphatic hydroxyl groups is 1. The van der Waals surface area contributed by atoms with Crippen molar-refractivity contribution in [3.63, 3.8) is 0 Å². The van der Waals surface area contributed by atoms with Crippen LogP contribution in [-0.2, 0) is 21.2 Å². The number of aliphatic hydroxyl groups excluding tert-OH is 1. The van der Waals surface area contributed by atoms with E-state index in [2.05, 4.69) is 0 Å². The average molecular weight is 447 g/mol. The Balaban J connectivity index is 2.02. The minimum atomic E-state index is -5.10. The van der Waals surface area contributed by atoms with Crippen molar-refractivity contribution in [2.45, 2.75) is 24.5 Å². The van der Waals surface area contributed by atoms with Gasteiger partial charge in [0.2, 0.25) is 0 Å². The van der Waals surface area contributed by atoms with Crippen LogP contribution in [0.2, 0.25) is 0 Å². The van der Waals surface area contributed by atoms with Gasteiger partial charge in [0.1, 0.15) is 5.75 Å². The lowest BCUT2D eigenvalue weighted by Crippen LogP contribution is -2.38. The van der Waals surface area contributed by atoms with Gasteiger partial charge in [-0.2, -0.15) is 13.2 Å². The summed E-state index contributed by atoms with van der Waals surface area (Å²) < 4.78 is 69.3. The summed E-state index contributed by atoms with van der Waals surface area (Å²) in [7, 11) is -4.65. The Bertz CT molecular complexity index is 943. The van der Waals surface area contributed by atoms with Crippen LogP contribution in [0.3, 0.4) is 0 Å². The summed E-state index contributed by atoms with van der Waals surface area (Å²) in [6.07, 6.45) is -4.73. The highest BCUT2D eigenvalue weighted by Gasteiger charge is 2.45. The van der Waals surface area contributed by atoms with E-state index in [0.29, 0.717) is 11.3 Å². The zero-order valence-electron chi connectivity index (χ0n) is 15.6. The summed E-state index contributed by atoms with van der Waals surface area (Å²) in [5.41, 5.74) is -1.07. The highest BCUT2D eigenvalue weighted by Crippen LogP contribution is 2.30. The smallest absolute Gasteiger partial charge is 0.419 e. The van der Waals surface area contributed by atoms with Crippen molar-refractivity contribution in [3.05, 3.63) is 41.5 Å². The van der Waals surface area contributed by atoms with E-state index >= 15 is 0 Å². The fraction of sp³-hybridized carbons (Fsp3) is 0.389. The van der Waals surface area contributed by atoms with Gasteiger partial charge >= 0.3 is 6.18 Å². The number of alkyl halides is 3. The van der Waals surface area contributed by atoms with Crippen LogP contribution in [0.15, 0.2) is 35.9 Å². The molecule has 3 N–H and O–H groups in total. The van der Waals surface area contributed by atoms with Crippen LogP contribution in [0.1, 0.15) is 12.0 Å². The van der Waals surface area contributed by atoms with Gasteiger partial charge in [-0.15, -0.1) is 0 Å². The number of carbonyl (C=O) groups is 1. The molecule has 1 unspecified atom stereocenters.